The first-order valence-electron chi connectivity index (χ1n) is 9.31. The summed E-state index contributed by atoms with van der Waals surface area (Å²) in [6, 6.07) is 18.3. The number of aliphatic hydroxyl groups is 1. The molecular weight excluding hydrogens is 346 g/mol. The van der Waals surface area contributed by atoms with E-state index in [0.29, 0.717) is 6.42 Å². The predicted octanol–water partition coefficient (Wildman–Crippen LogP) is 4.59. The summed E-state index contributed by atoms with van der Waals surface area (Å²) in [4.78, 5) is 2.49. The van der Waals surface area contributed by atoms with Crippen LogP contribution >= 0.6 is 12.4 Å². The van der Waals surface area contributed by atoms with Crippen molar-refractivity contribution in [2.75, 3.05) is 26.7 Å². The monoisotopic (exact) mass is 375 g/mol. The van der Waals surface area contributed by atoms with Crippen LogP contribution in [-0.4, -0.2) is 36.8 Å². The zero-order chi connectivity index (χ0) is 17.7. The fourth-order valence-corrected chi connectivity index (χ4v) is 3.97. The van der Waals surface area contributed by atoms with Gasteiger partial charge in [0.1, 0.15) is 5.75 Å². The second-order valence-corrected chi connectivity index (χ2v) is 6.98. The molecule has 3 rings (SSSR count). The van der Waals surface area contributed by atoms with Crippen molar-refractivity contribution in [3.05, 3.63) is 65.7 Å². The lowest BCUT2D eigenvalue weighted by Crippen LogP contribution is -2.40. The highest BCUT2D eigenvalue weighted by Gasteiger charge is 2.39. The Balaban J connectivity index is 0.00000243. The van der Waals surface area contributed by atoms with Crippen LogP contribution in [0.4, 0.5) is 0 Å². The molecule has 26 heavy (non-hydrogen) atoms. The van der Waals surface area contributed by atoms with Crippen LogP contribution in [-0.2, 0) is 5.60 Å². The van der Waals surface area contributed by atoms with Crippen molar-refractivity contribution in [3.8, 4) is 5.75 Å². The highest BCUT2D eigenvalue weighted by atomic mass is 35.5. The molecule has 2 aromatic rings. The number of halogens is 1. The molecule has 1 aliphatic heterocycles. The molecule has 142 valence electrons. The fourth-order valence-electron chi connectivity index (χ4n) is 3.97. The van der Waals surface area contributed by atoms with E-state index in [9.17, 15) is 5.11 Å². The topological polar surface area (TPSA) is 32.7 Å². The van der Waals surface area contributed by atoms with Gasteiger partial charge in [0.25, 0.3) is 0 Å². The van der Waals surface area contributed by atoms with E-state index in [4.69, 9.17) is 4.74 Å². The third kappa shape index (κ3) is 4.40. The molecule has 0 spiro atoms. The zero-order valence-corrected chi connectivity index (χ0v) is 16.5. The molecule has 3 nitrogen and oxygen atoms in total. The average Bonchev–Trinajstić information content (AvgIpc) is 3.19. The summed E-state index contributed by atoms with van der Waals surface area (Å²) in [5.41, 5.74) is 1.27. The maximum Gasteiger partial charge on any atom is 0.118 e. The summed E-state index contributed by atoms with van der Waals surface area (Å²) in [5, 5.41) is 11.8. The van der Waals surface area contributed by atoms with Gasteiger partial charge in [-0.25, -0.2) is 0 Å². The Bertz CT molecular complexity index is 656. The van der Waals surface area contributed by atoms with Crippen molar-refractivity contribution in [3.63, 3.8) is 0 Å². The number of ether oxygens (including phenoxy) is 1. The molecule has 1 fully saturated rings. The Hall–Kier alpha value is -1.55. The van der Waals surface area contributed by atoms with Gasteiger partial charge in [0.05, 0.1) is 12.7 Å². The third-order valence-corrected chi connectivity index (χ3v) is 5.55. The zero-order valence-electron chi connectivity index (χ0n) is 15.7. The van der Waals surface area contributed by atoms with Crippen molar-refractivity contribution in [1.29, 1.82) is 0 Å². The molecule has 1 aliphatic rings. The van der Waals surface area contributed by atoms with Crippen LogP contribution in [0.2, 0.25) is 0 Å². The van der Waals surface area contributed by atoms with E-state index in [1.165, 1.54) is 18.4 Å². The van der Waals surface area contributed by atoms with Gasteiger partial charge in [-0.05, 0) is 55.6 Å². The van der Waals surface area contributed by atoms with Crippen molar-refractivity contribution < 1.29 is 9.84 Å². The van der Waals surface area contributed by atoms with Crippen LogP contribution in [0.3, 0.4) is 0 Å². The molecule has 2 aromatic carbocycles. The second-order valence-electron chi connectivity index (χ2n) is 6.98. The fraction of sp³-hybridized carbons (Fsp3) is 0.455. The van der Waals surface area contributed by atoms with E-state index in [-0.39, 0.29) is 18.3 Å². The molecule has 1 heterocycles. The summed E-state index contributed by atoms with van der Waals surface area (Å²) >= 11 is 0. The molecular formula is C22H30ClNO2. The molecule has 0 aliphatic carbocycles. The number of hydrogen-bond donors (Lipinski definition) is 1. The first kappa shape index (κ1) is 20.8. The van der Waals surface area contributed by atoms with Gasteiger partial charge in [-0.1, -0.05) is 49.4 Å². The predicted molar refractivity (Wildman–Crippen MR) is 109 cm³/mol. The van der Waals surface area contributed by atoms with E-state index in [0.717, 1.165) is 30.9 Å². The van der Waals surface area contributed by atoms with Crippen LogP contribution in [0.15, 0.2) is 54.6 Å². The standard InChI is InChI=1S/C22H29NO2.ClH/c1-3-22(24,19-11-13-20(25-2)14-12-19)21(17-23-15-7-8-16-23)18-9-5-4-6-10-18;/h4-6,9-14,21,24H,3,7-8,15-17H2,1-2H3;1H. The summed E-state index contributed by atoms with van der Waals surface area (Å²) in [6.07, 6.45) is 3.19. The number of rotatable bonds is 7. The first-order chi connectivity index (χ1) is 12.2. The van der Waals surface area contributed by atoms with Gasteiger partial charge in [0, 0.05) is 12.5 Å². The lowest BCUT2D eigenvalue weighted by molar-refractivity contribution is -0.00677. The second kappa shape index (κ2) is 9.40. The van der Waals surface area contributed by atoms with Crippen LogP contribution in [0.1, 0.15) is 43.2 Å². The van der Waals surface area contributed by atoms with Crippen LogP contribution in [0.25, 0.3) is 0 Å². The van der Waals surface area contributed by atoms with Crippen molar-refractivity contribution in [1.82, 2.24) is 4.90 Å². The van der Waals surface area contributed by atoms with Gasteiger partial charge < -0.3 is 14.7 Å². The smallest absolute Gasteiger partial charge is 0.118 e. The molecule has 0 aromatic heterocycles. The van der Waals surface area contributed by atoms with Gasteiger partial charge >= 0.3 is 0 Å². The van der Waals surface area contributed by atoms with Crippen molar-refractivity contribution in [2.24, 2.45) is 0 Å². The average molecular weight is 376 g/mol. The van der Waals surface area contributed by atoms with E-state index >= 15 is 0 Å². The number of hydrogen-bond acceptors (Lipinski definition) is 3. The SMILES string of the molecule is CCC(O)(c1ccc(OC)cc1)C(CN1CCCC1)c1ccccc1.Cl. The molecule has 4 heteroatoms. The highest BCUT2D eigenvalue weighted by molar-refractivity contribution is 5.85. The molecule has 0 saturated carbocycles. The summed E-state index contributed by atoms with van der Waals surface area (Å²) < 4.78 is 5.28. The van der Waals surface area contributed by atoms with Crippen molar-refractivity contribution in [2.45, 2.75) is 37.7 Å². The Kier molecular flexibility index (Phi) is 7.51. The summed E-state index contributed by atoms with van der Waals surface area (Å²) in [7, 11) is 1.67. The van der Waals surface area contributed by atoms with E-state index in [1.54, 1.807) is 7.11 Å². The van der Waals surface area contributed by atoms with E-state index in [2.05, 4.69) is 36.1 Å². The Labute approximate surface area is 163 Å². The molecule has 0 amide bonds. The molecule has 1 N–H and O–H groups in total. The number of likely N-dealkylation sites (tertiary alicyclic amines) is 1. The molecule has 2 unspecified atom stereocenters. The molecule has 0 bridgehead atoms. The van der Waals surface area contributed by atoms with E-state index < -0.39 is 5.60 Å². The van der Waals surface area contributed by atoms with Crippen LogP contribution in [0, 0.1) is 0 Å². The minimum absolute atomic E-state index is 0. The minimum Gasteiger partial charge on any atom is -0.497 e. The van der Waals surface area contributed by atoms with Crippen LogP contribution in [0.5, 0.6) is 5.75 Å². The lowest BCUT2D eigenvalue weighted by Gasteiger charge is -2.38. The number of benzene rings is 2. The molecule has 0 radical (unpaired) electrons. The molecule has 1 saturated heterocycles. The van der Waals surface area contributed by atoms with E-state index in [1.807, 2.05) is 30.3 Å². The third-order valence-electron chi connectivity index (χ3n) is 5.55. The minimum atomic E-state index is -0.893. The highest BCUT2D eigenvalue weighted by Crippen LogP contribution is 2.41. The summed E-state index contributed by atoms with van der Waals surface area (Å²) in [5.74, 6) is 0.864. The number of nitrogens with zero attached hydrogens (tertiary/aromatic N) is 1. The lowest BCUT2D eigenvalue weighted by atomic mass is 9.75. The Morgan fingerprint density at radius 3 is 2.19 bits per heavy atom. The Morgan fingerprint density at radius 1 is 1.04 bits per heavy atom. The maximum atomic E-state index is 11.8. The summed E-state index contributed by atoms with van der Waals surface area (Å²) in [6.45, 7) is 5.22. The van der Waals surface area contributed by atoms with Gasteiger partial charge in [-0.15, -0.1) is 12.4 Å². The number of methoxy groups -OCH3 is 1. The Morgan fingerprint density at radius 2 is 1.65 bits per heavy atom. The van der Waals surface area contributed by atoms with Gasteiger partial charge in [-0.3, -0.25) is 0 Å². The quantitative estimate of drug-likeness (QED) is 0.767. The van der Waals surface area contributed by atoms with Gasteiger partial charge in [0.2, 0.25) is 0 Å². The normalized spacial score (nSPS) is 18.0. The largest absolute Gasteiger partial charge is 0.497 e. The molecule has 2 atom stereocenters. The van der Waals surface area contributed by atoms with Crippen LogP contribution < -0.4 is 4.74 Å². The first-order valence-corrected chi connectivity index (χ1v) is 9.31. The van der Waals surface area contributed by atoms with Gasteiger partial charge in [-0.2, -0.15) is 0 Å². The van der Waals surface area contributed by atoms with Gasteiger partial charge in [0.15, 0.2) is 0 Å². The maximum absolute atomic E-state index is 11.8. The van der Waals surface area contributed by atoms with Crippen molar-refractivity contribution >= 4 is 12.4 Å².